The van der Waals surface area contributed by atoms with E-state index in [1.54, 1.807) is 42.5 Å². The van der Waals surface area contributed by atoms with Crippen molar-refractivity contribution in [3.8, 4) is 5.75 Å². The Hall–Kier alpha value is -2.38. The zero-order valence-electron chi connectivity index (χ0n) is 13.4. The number of carboxylic acids is 1. The summed E-state index contributed by atoms with van der Waals surface area (Å²) in [5.74, 6) is -0.620. The predicted molar refractivity (Wildman–Crippen MR) is 89.5 cm³/mol. The van der Waals surface area contributed by atoms with Gasteiger partial charge >= 0.3 is 5.97 Å². The van der Waals surface area contributed by atoms with Crippen molar-refractivity contribution in [2.24, 2.45) is 0 Å². The maximum absolute atomic E-state index is 12.6. The molecule has 24 heavy (non-hydrogen) atoms. The monoisotopic (exact) mass is 349 g/mol. The molecule has 2 rings (SSSR count). The van der Waals surface area contributed by atoms with Crippen molar-refractivity contribution < 1.29 is 23.1 Å². The molecule has 2 aromatic rings. The summed E-state index contributed by atoms with van der Waals surface area (Å²) < 4.78 is 31.3. The number of hydrogen-bond donors (Lipinski definition) is 1. The van der Waals surface area contributed by atoms with E-state index in [-0.39, 0.29) is 11.3 Å². The Morgan fingerprint density at radius 2 is 1.83 bits per heavy atom. The van der Waals surface area contributed by atoms with Gasteiger partial charge in [-0.25, -0.2) is 8.42 Å². The Labute approximate surface area is 141 Å². The van der Waals surface area contributed by atoms with E-state index in [9.17, 15) is 18.3 Å². The third-order valence-electron chi connectivity index (χ3n) is 3.71. The molecule has 0 fully saturated rings. The first-order chi connectivity index (χ1) is 11.4. The molecule has 2 aromatic carbocycles. The molecule has 0 saturated heterocycles. The Morgan fingerprint density at radius 1 is 1.17 bits per heavy atom. The van der Waals surface area contributed by atoms with Gasteiger partial charge in [0.05, 0.1) is 12.0 Å². The van der Waals surface area contributed by atoms with Crippen LogP contribution in [0.5, 0.6) is 5.75 Å². The minimum Gasteiger partial charge on any atom is -0.497 e. The van der Waals surface area contributed by atoms with E-state index in [0.717, 1.165) is 4.31 Å². The molecule has 1 N–H and O–H groups in total. The summed E-state index contributed by atoms with van der Waals surface area (Å²) in [4.78, 5) is 11.7. The number of sulfonamides is 1. The molecule has 1 atom stereocenters. The lowest BCUT2D eigenvalue weighted by Crippen LogP contribution is -2.43. The number of ether oxygens (including phenoxy) is 1. The number of hydrogen-bond acceptors (Lipinski definition) is 4. The molecule has 0 aliphatic carbocycles. The fourth-order valence-electron chi connectivity index (χ4n) is 2.32. The third kappa shape index (κ3) is 3.93. The van der Waals surface area contributed by atoms with Gasteiger partial charge in [0.2, 0.25) is 10.0 Å². The number of carboxylic acid groups (broad SMARTS) is 1. The highest BCUT2D eigenvalue weighted by Gasteiger charge is 2.32. The maximum atomic E-state index is 12.6. The average molecular weight is 349 g/mol. The minimum atomic E-state index is -3.90. The fraction of sp³-hybridized carbons (Fsp3) is 0.235. The molecule has 0 bridgehead atoms. The first-order valence-corrected chi connectivity index (χ1v) is 8.69. The van der Waals surface area contributed by atoms with Gasteiger partial charge in [0.15, 0.2) is 0 Å². The van der Waals surface area contributed by atoms with Crippen molar-refractivity contribution in [2.75, 3.05) is 14.2 Å². The van der Waals surface area contributed by atoms with Gasteiger partial charge in [-0.15, -0.1) is 0 Å². The Kier molecular flexibility index (Phi) is 5.58. The van der Waals surface area contributed by atoms with Gasteiger partial charge in [-0.3, -0.25) is 4.79 Å². The molecular formula is C17H19NO5S. The first-order valence-electron chi connectivity index (χ1n) is 7.25. The van der Waals surface area contributed by atoms with Crippen LogP contribution in [0.25, 0.3) is 0 Å². The van der Waals surface area contributed by atoms with Crippen LogP contribution < -0.4 is 4.74 Å². The van der Waals surface area contributed by atoms with Crippen molar-refractivity contribution >= 4 is 16.0 Å². The molecule has 0 aliphatic heterocycles. The van der Waals surface area contributed by atoms with Crippen molar-refractivity contribution in [1.29, 1.82) is 0 Å². The summed E-state index contributed by atoms with van der Waals surface area (Å²) in [6.07, 6.45) is 0.0368. The third-order valence-corrected chi connectivity index (χ3v) is 5.59. The lowest BCUT2D eigenvalue weighted by Gasteiger charge is -2.24. The van der Waals surface area contributed by atoms with Crippen molar-refractivity contribution in [2.45, 2.75) is 17.4 Å². The summed E-state index contributed by atoms with van der Waals surface area (Å²) in [7, 11) is -1.11. The minimum absolute atomic E-state index is 0.0368. The predicted octanol–water partition coefficient (Wildman–Crippen LogP) is 2.01. The number of likely N-dealkylation sites (N-methyl/N-ethyl adjacent to an activating group) is 1. The van der Waals surface area contributed by atoms with Gasteiger partial charge < -0.3 is 9.84 Å². The molecule has 0 saturated carbocycles. The molecule has 6 nitrogen and oxygen atoms in total. The van der Waals surface area contributed by atoms with Crippen LogP contribution in [0, 0.1) is 0 Å². The summed E-state index contributed by atoms with van der Waals surface area (Å²) in [6, 6.07) is 13.5. The van der Waals surface area contributed by atoms with Gasteiger partial charge in [0, 0.05) is 7.05 Å². The zero-order valence-corrected chi connectivity index (χ0v) is 14.2. The molecule has 0 heterocycles. The number of methoxy groups -OCH3 is 1. The second-order valence-electron chi connectivity index (χ2n) is 5.24. The molecule has 0 amide bonds. The van der Waals surface area contributed by atoms with Crippen LogP contribution >= 0.6 is 0 Å². The Morgan fingerprint density at radius 3 is 2.42 bits per heavy atom. The van der Waals surface area contributed by atoms with E-state index < -0.39 is 22.0 Å². The van der Waals surface area contributed by atoms with Crippen LogP contribution in [0.15, 0.2) is 59.5 Å². The quantitative estimate of drug-likeness (QED) is 0.827. The van der Waals surface area contributed by atoms with E-state index in [1.165, 1.54) is 26.3 Å². The van der Waals surface area contributed by atoms with Crippen LogP contribution in [0.4, 0.5) is 0 Å². The number of carbonyl (C=O) groups is 1. The lowest BCUT2D eigenvalue weighted by molar-refractivity contribution is -0.141. The van der Waals surface area contributed by atoms with Crippen molar-refractivity contribution in [3.05, 3.63) is 60.2 Å². The van der Waals surface area contributed by atoms with Gasteiger partial charge in [-0.2, -0.15) is 4.31 Å². The topological polar surface area (TPSA) is 83.9 Å². The number of rotatable bonds is 7. The molecule has 1 unspecified atom stereocenters. The standard InChI is InChI=1S/C17H19NO5S/c1-18(24(21,22)15-9-4-3-5-10-15)16(17(19)20)12-13-7-6-8-14(11-13)23-2/h3-11,16H,12H2,1-2H3,(H,19,20). The van der Waals surface area contributed by atoms with Crippen LogP contribution in [0.3, 0.4) is 0 Å². The van der Waals surface area contributed by atoms with E-state index in [1.807, 2.05) is 0 Å². The first kappa shape index (κ1) is 18.0. The van der Waals surface area contributed by atoms with Gasteiger partial charge in [0.1, 0.15) is 11.8 Å². The molecule has 0 radical (unpaired) electrons. The lowest BCUT2D eigenvalue weighted by atomic mass is 10.1. The number of nitrogens with zero attached hydrogens (tertiary/aromatic N) is 1. The fourth-order valence-corrected chi connectivity index (χ4v) is 3.65. The van der Waals surface area contributed by atoms with Gasteiger partial charge in [0.25, 0.3) is 0 Å². The SMILES string of the molecule is COc1cccc(CC(C(=O)O)N(C)S(=O)(=O)c2ccccc2)c1. The molecule has 0 aromatic heterocycles. The second-order valence-corrected chi connectivity index (χ2v) is 7.24. The number of aliphatic carboxylic acids is 1. The molecular weight excluding hydrogens is 330 g/mol. The summed E-state index contributed by atoms with van der Waals surface area (Å²) in [5, 5.41) is 9.50. The highest BCUT2D eigenvalue weighted by Crippen LogP contribution is 2.20. The Balaban J connectivity index is 2.31. The van der Waals surface area contributed by atoms with Crippen LogP contribution in [0.1, 0.15) is 5.56 Å². The number of benzene rings is 2. The summed E-state index contributed by atoms with van der Waals surface area (Å²) >= 11 is 0. The van der Waals surface area contributed by atoms with E-state index in [0.29, 0.717) is 11.3 Å². The zero-order chi connectivity index (χ0) is 17.7. The van der Waals surface area contributed by atoms with E-state index in [4.69, 9.17) is 4.74 Å². The smallest absolute Gasteiger partial charge is 0.322 e. The summed E-state index contributed by atoms with van der Waals surface area (Å²) in [6.45, 7) is 0. The second kappa shape index (κ2) is 7.46. The maximum Gasteiger partial charge on any atom is 0.322 e. The van der Waals surface area contributed by atoms with Crippen LogP contribution in [-0.4, -0.2) is 44.0 Å². The highest BCUT2D eigenvalue weighted by molar-refractivity contribution is 7.89. The summed E-state index contributed by atoms with van der Waals surface area (Å²) in [5.41, 5.74) is 0.678. The van der Waals surface area contributed by atoms with Crippen LogP contribution in [-0.2, 0) is 21.2 Å². The molecule has 0 aliphatic rings. The van der Waals surface area contributed by atoms with Gasteiger partial charge in [-0.1, -0.05) is 30.3 Å². The van der Waals surface area contributed by atoms with Crippen molar-refractivity contribution in [1.82, 2.24) is 4.31 Å². The van der Waals surface area contributed by atoms with Gasteiger partial charge in [-0.05, 0) is 36.2 Å². The van der Waals surface area contributed by atoms with E-state index >= 15 is 0 Å². The molecule has 0 spiro atoms. The molecule has 128 valence electrons. The highest BCUT2D eigenvalue weighted by atomic mass is 32.2. The molecule has 7 heteroatoms. The normalized spacial score (nSPS) is 12.8. The van der Waals surface area contributed by atoms with E-state index in [2.05, 4.69) is 0 Å². The largest absolute Gasteiger partial charge is 0.497 e. The average Bonchev–Trinajstić information content (AvgIpc) is 2.59. The van der Waals surface area contributed by atoms with Crippen molar-refractivity contribution in [3.63, 3.8) is 0 Å². The Bertz CT molecular complexity index is 805. The van der Waals surface area contributed by atoms with Crippen LogP contribution in [0.2, 0.25) is 0 Å².